The lowest BCUT2D eigenvalue weighted by Gasteiger charge is -2.22. The molecule has 1 saturated heterocycles. The van der Waals surface area contributed by atoms with Gasteiger partial charge in [-0.2, -0.15) is 0 Å². The molecule has 0 radical (unpaired) electrons. The number of ether oxygens (including phenoxy) is 2. The highest BCUT2D eigenvalue weighted by atomic mass is 16.5. The van der Waals surface area contributed by atoms with Gasteiger partial charge in [-0.25, -0.2) is 4.98 Å². The maximum atomic E-state index is 12.0. The first-order valence-electron chi connectivity index (χ1n) is 7.44. The summed E-state index contributed by atoms with van der Waals surface area (Å²) in [4.78, 5) is 16.3. The molecule has 1 aromatic carbocycles. The third kappa shape index (κ3) is 3.24. The number of aryl methyl sites for hydroxylation is 1. The lowest BCUT2D eigenvalue weighted by molar-refractivity contribution is 0.00406. The topological polar surface area (TPSA) is 53.4 Å². The second-order valence-corrected chi connectivity index (χ2v) is 5.47. The third-order valence-corrected chi connectivity index (χ3v) is 3.87. The molecule has 1 aliphatic rings. The number of aromatic nitrogens is 2. The minimum absolute atomic E-state index is 0.0546. The maximum Gasteiger partial charge on any atom is 0.261 e. The van der Waals surface area contributed by atoms with E-state index in [4.69, 9.17) is 9.47 Å². The first-order valence-corrected chi connectivity index (χ1v) is 7.44. The zero-order chi connectivity index (χ0) is 14.7. The molecule has 5 nitrogen and oxygen atoms in total. The van der Waals surface area contributed by atoms with Crippen LogP contribution in [0.1, 0.15) is 25.7 Å². The van der Waals surface area contributed by atoms with E-state index < -0.39 is 0 Å². The molecule has 2 heterocycles. The first-order chi connectivity index (χ1) is 10.2. The average Bonchev–Trinajstić information content (AvgIpc) is 2.52. The Labute approximate surface area is 123 Å². The fourth-order valence-corrected chi connectivity index (χ4v) is 2.62. The minimum atomic E-state index is -0.0546. The van der Waals surface area contributed by atoms with Crippen molar-refractivity contribution in [3.8, 4) is 5.75 Å². The standard InChI is InChI=1S/C16H20N2O3/c1-18-11-17-15-6-5-13(10-14(15)16(18)19)21-9-7-12-4-2-3-8-20-12/h5-6,10-12H,2-4,7-9H2,1H3/t12-/m0/s1. The van der Waals surface area contributed by atoms with Gasteiger partial charge in [0.15, 0.2) is 0 Å². The Morgan fingerprint density at radius 3 is 3.14 bits per heavy atom. The number of fused-ring (bicyclic) bond motifs is 1. The zero-order valence-electron chi connectivity index (χ0n) is 12.2. The molecule has 2 aromatic rings. The number of benzene rings is 1. The molecule has 0 N–H and O–H groups in total. The molecule has 3 rings (SSSR count). The molecule has 0 saturated carbocycles. The summed E-state index contributed by atoms with van der Waals surface area (Å²) in [6, 6.07) is 5.45. The van der Waals surface area contributed by atoms with Gasteiger partial charge >= 0.3 is 0 Å². The van der Waals surface area contributed by atoms with E-state index in [1.165, 1.54) is 23.7 Å². The van der Waals surface area contributed by atoms with Crippen LogP contribution < -0.4 is 10.3 Å². The molecule has 1 aromatic heterocycles. The van der Waals surface area contributed by atoms with Crippen molar-refractivity contribution in [1.82, 2.24) is 9.55 Å². The Morgan fingerprint density at radius 2 is 2.33 bits per heavy atom. The van der Waals surface area contributed by atoms with Crippen molar-refractivity contribution in [2.75, 3.05) is 13.2 Å². The molecular formula is C16H20N2O3. The van der Waals surface area contributed by atoms with Crippen LogP contribution in [0.3, 0.4) is 0 Å². The van der Waals surface area contributed by atoms with E-state index in [1.807, 2.05) is 12.1 Å². The second kappa shape index (κ2) is 6.26. The fraction of sp³-hybridized carbons (Fsp3) is 0.500. The van der Waals surface area contributed by atoms with Gasteiger partial charge in [0.1, 0.15) is 5.75 Å². The van der Waals surface area contributed by atoms with Crippen molar-refractivity contribution in [1.29, 1.82) is 0 Å². The Hall–Kier alpha value is -1.88. The van der Waals surface area contributed by atoms with Gasteiger partial charge in [0, 0.05) is 20.1 Å². The summed E-state index contributed by atoms with van der Waals surface area (Å²) in [6.45, 7) is 1.47. The molecule has 5 heteroatoms. The van der Waals surface area contributed by atoms with E-state index in [0.29, 0.717) is 29.4 Å². The molecule has 0 amide bonds. The van der Waals surface area contributed by atoms with Crippen LogP contribution in [-0.4, -0.2) is 28.9 Å². The quantitative estimate of drug-likeness (QED) is 0.866. The van der Waals surface area contributed by atoms with E-state index >= 15 is 0 Å². The number of hydrogen-bond acceptors (Lipinski definition) is 4. The van der Waals surface area contributed by atoms with Crippen LogP contribution in [0.25, 0.3) is 10.9 Å². The van der Waals surface area contributed by atoms with Crippen LogP contribution in [0.15, 0.2) is 29.3 Å². The van der Waals surface area contributed by atoms with Crippen molar-refractivity contribution in [2.45, 2.75) is 31.8 Å². The van der Waals surface area contributed by atoms with Crippen molar-refractivity contribution in [3.63, 3.8) is 0 Å². The summed E-state index contributed by atoms with van der Waals surface area (Å²) in [7, 11) is 1.70. The van der Waals surface area contributed by atoms with Crippen molar-refractivity contribution >= 4 is 10.9 Å². The van der Waals surface area contributed by atoms with E-state index in [2.05, 4.69) is 4.98 Å². The van der Waals surface area contributed by atoms with Gasteiger partial charge in [0.05, 0.1) is 29.9 Å². The molecule has 1 fully saturated rings. The predicted octanol–water partition coefficient (Wildman–Crippen LogP) is 2.27. The van der Waals surface area contributed by atoms with Crippen LogP contribution in [0.5, 0.6) is 5.75 Å². The second-order valence-electron chi connectivity index (χ2n) is 5.47. The minimum Gasteiger partial charge on any atom is -0.493 e. The van der Waals surface area contributed by atoms with Crippen molar-refractivity contribution < 1.29 is 9.47 Å². The number of rotatable bonds is 4. The molecule has 1 atom stereocenters. The monoisotopic (exact) mass is 288 g/mol. The summed E-state index contributed by atoms with van der Waals surface area (Å²) in [6.07, 6.45) is 6.26. The predicted molar refractivity (Wildman–Crippen MR) is 80.7 cm³/mol. The van der Waals surface area contributed by atoms with Gasteiger partial charge in [0.2, 0.25) is 0 Å². The van der Waals surface area contributed by atoms with E-state index in [9.17, 15) is 4.79 Å². The normalized spacial score (nSPS) is 18.8. The van der Waals surface area contributed by atoms with Crippen LogP contribution >= 0.6 is 0 Å². The Bertz CT molecular complexity index is 675. The van der Waals surface area contributed by atoms with E-state index in [1.54, 1.807) is 13.1 Å². The molecule has 0 unspecified atom stereocenters. The summed E-state index contributed by atoms with van der Waals surface area (Å²) in [5, 5.41) is 0.589. The van der Waals surface area contributed by atoms with E-state index in [-0.39, 0.29) is 5.56 Å². The Morgan fingerprint density at radius 1 is 1.43 bits per heavy atom. The van der Waals surface area contributed by atoms with Gasteiger partial charge in [-0.05, 0) is 37.5 Å². The zero-order valence-corrected chi connectivity index (χ0v) is 12.2. The first kappa shape index (κ1) is 14.1. The Balaban J connectivity index is 1.66. The van der Waals surface area contributed by atoms with Gasteiger partial charge in [0.25, 0.3) is 5.56 Å². The average molecular weight is 288 g/mol. The van der Waals surface area contributed by atoms with Gasteiger partial charge in [-0.1, -0.05) is 0 Å². The molecule has 0 spiro atoms. The number of nitrogens with zero attached hydrogens (tertiary/aromatic N) is 2. The fourth-order valence-electron chi connectivity index (χ4n) is 2.62. The highest BCUT2D eigenvalue weighted by molar-refractivity contribution is 5.78. The Kier molecular flexibility index (Phi) is 4.20. The lowest BCUT2D eigenvalue weighted by atomic mass is 10.1. The highest BCUT2D eigenvalue weighted by Gasteiger charge is 2.13. The van der Waals surface area contributed by atoms with Gasteiger partial charge in [-0.3, -0.25) is 4.79 Å². The summed E-state index contributed by atoms with van der Waals surface area (Å²) in [5.74, 6) is 0.711. The largest absolute Gasteiger partial charge is 0.493 e. The van der Waals surface area contributed by atoms with E-state index in [0.717, 1.165) is 19.4 Å². The molecule has 112 valence electrons. The molecule has 0 bridgehead atoms. The third-order valence-electron chi connectivity index (χ3n) is 3.87. The molecule has 0 aliphatic carbocycles. The SMILES string of the molecule is Cn1cnc2ccc(OCC[C@@H]3CCCCO3)cc2c1=O. The van der Waals surface area contributed by atoms with Crippen LogP contribution in [0.2, 0.25) is 0 Å². The van der Waals surface area contributed by atoms with Crippen LogP contribution in [0.4, 0.5) is 0 Å². The van der Waals surface area contributed by atoms with Gasteiger partial charge < -0.3 is 14.0 Å². The van der Waals surface area contributed by atoms with Crippen molar-refractivity contribution in [2.24, 2.45) is 7.05 Å². The van der Waals surface area contributed by atoms with Crippen molar-refractivity contribution in [3.05, 3.63) is 34.9 Å². The molecular weight excluding hydrogens is 268 g/mol. The molecule has 21 heavy (non-hydrogen) atoms. The van der Waals surface area contributed by atoms with Crippen LogP contribution in [0, 0.1) is 0 Å². The summed E-state index contributed by atoms with van der Waals surface area (Å²) >= 11 is 0. The summed E-state index contributed by atoms with van der Waals surface area (Å²) < 4.78 is 12.9. The highest BCUT2D eigenvalue weighted by Crippen LogP contribution is 2.19. The maximum absolute atomic E-state index is 12.0. The van der Waals surface area contributed by atoms with Crippen LogP contribution in [-0.2, 0) is 11.8 Å². The molecule has 1 aliphatic heterocycles. The summed E-state index contributed by atoms with van der Waals surface area (Å²) in [5.41, 5.74) is 0.641. The lowest BCUT2D eigenvalue weighted by Crippen LogP contribution is -2.21. The number of hydrogen-bond donors (Lipinski definition) is 0. The van der Waals surface area contributed by atoms with Gasteiger partial charge in [-0.15, -0.1) is 0 Å². The smallest absolute Gasteiger partial charge is 0.261 e.